The summed E-state index contributed by atoms with van der Waals surface area (Å²) >= 11 is 0. The lowest BCUT2D eigenvalue weighted by Gasteiger charge is -2.34. The molecule has 1 saturated heterocycles. The SMILES string of the molecule is COc1ccc([C@@H]2CN(C(=O)[C@H](Cc3ccccc3)OC(C)=O)C[C@@]2(C)[C@@H](C)O)cc1OCC#Cc1ccccc1. The third kappa shape index (κ3) is 7.27. The van der Waals surface area contributed by atoms with Gasteiger partial charge in [-0.05, 0) is 42.3 Å². The summed E-state index contributed by atoms with van der Waals surface area (Å²) in [6.45, 7) is 5.86. The average Bonchev–Trinajstić information content (AvgIpc) is 3.34. The van der Waals surface area contributed by atoms with Crippen LogP contribution in [0.15, 0.2) is 78.9 Å². The summed E-state index contributed by atoms with van der Waals surface area (Å²) in [6.07, 6.45) is -1.39. The fourth-order valence-corrected chi connectivity index (χ4v) is 5.30. The number of ether oxygens (including phenoxy) is 3. The number of carbonyl (C=O) groups excluding carboxylic acids is 2. The van der Waals surface area contributed by atoms with Crippen LogP contribution in [-0.4, -0.2) is 60.9 Å². The van der Waals surface area contributed by atoms with E-state index in [1.54, 1.807) is 18.9 Å². The van der Waals surface area contributed by atoms with Crippen LogP contribution in [0.1, 0.15) is 43.4 Å². The fourth-order valence-electron chi connectivity index (χ4n) is 5.30. The van der Waals surface area contributed by atoms with E-state index < -0.39 is 23.6 Å². The van der Waals surface area contributed by atoms with E-state index in [1.165, 1.54) is 6.92 Å². The van der Waals surface area contributed by atoms with Gasteiger partial charge in [-0.1, -0.05) is 73.4 Å². The van der Waals surface area contributed by atoms with Crippen molar-refractivity contribution in [2.45, 2.75) is 45.3 Å². The molecule has 7 heteroatoms. The van der Waals surface area contributed by atoms with Gasteiger partial charge in [-0.2, -0.15) is 0 Å². The Bertz CT molecular complexity index is 1390. The van der Waals surface area contributed by atoms with Gasteiger partial charge in [-0.3, -0.25) is 9.59 Å². The first kappa shape index (κ1) is 29.7. The standard InChI is InChI=1S/C34H37NO6/c1-24(36)34(3)23-35(33(38)32(41-25(2)37)20-27-14-9-6-10-15-27)22-29(34)28-17-18-30(39-4)31(21-28)40-19-11-16-26-12-7-5-8-13-26/h5-10,12-15,17-18,21,24,29,32,36H,19-20,22-23H2,1-4H3/t24-,29+,32+,34+/m1/s1. The lowest BCUT2D eigenvalue weighted by atomic mass is 9.72. The van der Waals surface area contributed by atoms with Gasteiger partial charge in [0.15, 0.2) is 17.6 Å². The molecular weight excluding hydrogens is 518 g/mol. The van der Waals surface area contributed by atoms with Gasteiger partial charge in [0.2, 0.25) is 0 Å². The molecule has 214 valence electrons. The number of likely N-dealkylation sites (tertiary alicyclic amines) is 1. The Morgan fingerprint density at radius 3 is 2.37 bits per heavy atom. The van der Waals surface area contributed by atoms with Crippen molar-refractivity contribution < 1.29 is 28.9 Å². The summed E-state index contributed by atoms with van der Waals surface area (Å²) in [6, 6.07) is 24.8. The first-order valence-electron chi connectivity index (χ1n) is 13.7. The third-order valence-corrected chi connectivity index (χ3v) is 7.74. The van der Waals surface area contributed by atoms with Crippen LogP contribution >= 0.6 is 0 Å². The molecule has 0 aromatic heterocycles. The number of rotatable bonds is 9. The average molecular weight is 556 g/mol. The van der Waals surface area contributed by atoms with Crippen molar-refractivity contribution in [3.63, 3.8) is 0 Å². The number of hydrogen-bond donors (Lipinski definition) is 1. The minimum Gasteiger partial charge on any atom is -0.493 e. The van der Waals surface area contributed by atoms with E-state index >= 15 is 0 Å². The topological polar surface area (TPSA) is 85.3 Å². The number of carbonyl (C=O) groups is 2. The molecule has 0 unspecified atom stereocenters. The molecule has 0 aliphatic carbocycles. The van der Waals surface area contributed by atoms with E-state index in [1.807, 2.05) is 85.8 Å². The zero-order valence-electron chi connectivity index (χ0n) is 24.0. The van der Waals surface area contributed by atoms with Crippen LogP contribution in [0.2, 0.25) is 0 Å². The number of methoxy groups -OCH3 is 1. The largest absolute Gasteiger partial charge is 0.493 e. The van der Waals surface area contributed by atoms with Crippen molar-refractivity contribution >= 4 is 11.9 Å². The fraction of sp³-hybridized carbons (Fsp3) is 0.353. The Morgan fingerprint density at radius 1 is 1.05 bits per heavy atom. The number of aliphatic hydroxyl groups is 1. The number of nitrogens with zero attached hydrogens (tertiary/aromatic N) is 1. The van der Waals surface area contributed by atoms with Crippen LogP contribution < -0.4 is 9.47 Å². The Balaban J connectivity index is 1.56. The number of hydrogen-bond acceptors (Lipinski definition) is 6. The van der Waals surface area contributed by atoms with Gasteiger partial charge in [0, 0.05) is 43.3 Å². The second-order valence-corrected chi connectivity index (χ2v) is 10.6. The van der Waals surface area contributed by atoms with Crippen molar-refractivity contribution in [2.75, 3.05) is 26.8 Å². The molecule has 3 aromatic carbocycles. The van der Waals surface area contributed by atoms with Crippen LogP contribution in [0.25, 0.3) is 0 Å². The van der Waals surface area contributed by atoms with Crippen molar-refractivity contribution in [1.82, 2.24) is 4.90 Å². The highest BCUT2D eigenvalue weighted by atomic mass is 16.5. The monoisotopic (exact) mass is 555 g/mol. The summed E-state index contributed by atoms with van der Waals surface area (Å²) in [5.41, 5.74) is 2.05. The highest BCUT2D eigenvalue weighted by Gasteiger charge is 2.49. The van der Waals surface area contributed by atoms with E-state index in [9.17, 15) is 14.7 Å². The van der Waals surface area contributed by atoms with Gasteiger partial charge >= 0.3 is 5.97 Å². The molecule has 1 N–H and O–H groups in total. The maximum atomic E-state index is 13.7. The van der Waals surface area contributed by atoms with Gasteiger partial charge in [-0.25, -0.2) is 0 Å². The van der Waals surface area contributed by atoms with E-state index in [0.29, 0.717) is 24.6 Å². The highest BCUT2D eigenvalue weighted by Crippen LogP contribution is 2.47. The summed E-state index contributed by atoms with van der Waals surface area (Å²) in [4.78, 5) is 27.3. The molecule has 1 aliphatic rings. The first-order chi connectivity index (χ1) is 19.7. The number of benzene rings is 3. The highest BCUT2D eigenvalue weighted by molar-refractivity contribution is 5.84. The molecule has 7 nitrogen and oxygen atoms in total. The van der Waals surface area contributed by atoms with E-state index in [2.05, 4.69) is 11.8 Å². The van der Waals surface area contributed by atoms with Crippen LogP contribution in [0.4, 0.5) is 0 Å². The van der Waals surface area contributed by atoms with E-state index in [-0.39, 0.29) is 24.9 Å². The number of aliphatic hydroxyl groups excluding tert-OH is 1. The Kier molecular flexibility index (Phi) is 9.69. The minimum atomic E-state index is -0.954. The number of esters is 1. The van der Waals surface area contributed by atoms with Crippen molar-refractivity contribution in [2.24, 2.45) is 5.41 Å². The Labute approximate surface area is 242 Å². The van der Waals surface area contributed by atoms with Gasteiger partial charge in [0.1, 0.15) is 6.61 Å². The Morgan fingerprint density at radius 2 is 1.73 bits per heavy atom. The normalized spacial score (nSPS) is 19.4. The minimum absolute atomic E-state index is 0.168. The van der Waals surface area contributed by atoms with Gasteiger partial charge in [0.25, 0.3) is 5.91 Å². The lowest BCUT2D eigenvalue weighted by Crippen LogP contribution is -2.43. The molecule has 41 heavy (non-hydrogen) atoms. The maximum absolute atomic E-state index is 13.7. The zero-order valence-corrected chi connectivity index (χ0v) is 24.0. The van der Waals surface area contributed by atoms with Crippen LogP contribution in [0.3, 0.4) is 0 Å². The summed E-state index contributed by atoms with van der Waals surface area (Å²) in [7, 11) is 1.58. The molecule has 0 bridgehead atoms. The van der Waals surface area contributed by atoms with Crippen molar-refractivity contribution in [1.29, 1.82) is 0 Å². The predicted molar refractivity (Wildman–Crippen MR) is 157 cm³/mol. The summed E-state index contributed by atoms with van der Waals surface area (Å²) in [5, 5.41) is 10.9. The second-order valence-electron chi connectivity index (χ2n) is 10.6. The van der Waals surface area contributed by atoms with Crippen LogP contribution in [-0.2, 0) is 20.7 Å². The quantitative estimate of drug-likeness (QED) is 0.307. The molecule has 1 amide bonds. The van der Waals surface area contributed by atoms with Crippen LogP contribution in [0.5, 0.6) is 11.5 Å². The van der Waals surface area contributed by atoms with E-state index in [0.717, 1.165) is 16.7 Å². The predicted octanol–water partition coefficient (Wildman–Crippen LogP) is 4.61. The van der Waals surface area contributed by atoms with Crippen LogP contribution in [0, 0.1) is 17.3 Å². The van der Waals surface area contributed by atoms with Crippen molar-refractivity contribution in [3.8, 4) is 23.3 Å². The molecule has 3 aromatic rings. The Hall–Kier alpha value is -4.28. The van der Waals surface area contributed by atoms with Crippen molar-refractivity contribution in [3.05, 3.63) is 95.6 Å². The molecule has 0 radical (unpaired) electrons. The molecule has 0 saturated carbocycles. The summed E-state index contributed by atoms with van der Waals surface area (Å²) < 4.78 is 17.0. The molecular formula is C34H37NO6. The molecule has 4 rings (SSSR count). The third-order valence-electron chi connectivity index (χ3n) is 7.74. The lowest BCUT2D eigenvalue weighted by molar-refractivity contribution is -0.158. The second kappa shape index (κ2) is 13.4. The zero-order chi connectivity index (χ0) is 29.4. The molecule has 1 fully saturated rings. The molecule has 4 atom stereocenters. The van der Waals surface area contributed by atoms with Gasteiger partial charge in [0.05, 0.1) is 13.2 Å². The first-order valence-corrected chi connectivity index (χ1v) is 13.7. The maximum Gasteiger partial charge on any atom is 0.303 e. The van der Waals surface area contributed by atoms with E-state index in [4.69, 9.17) is 14.2 Å². The van der Waals surface area contributed by atoms with Gasteiger partial charge in [-0.15, -0.1) is 0 Å². The molecule has 1 aliphatic heterocycles. The molecule has 1 heterocycles. The number of amides is 1. The molecule has 0 spiro atoms. The van der Waals surface area contributed by atoms with Gasteiger partial charge < -0.3 is 24.2 Å². The smallest absolute Gasteiger partial charge is 0.303 e. The summed E-state index contributed by atoms with van der Waals surface area (Å²) in [5.74, 6) is 6.22.